The number of sulfonamides is 1. The van der Waals surface area contributed by atoms with Crippen LogP contribution in [0.15, 0.2) is 47.6 Å². The number of pyridine rings is 1. The predicted octanol–water partition coefficient (Wildman–Crippen LogP) is 3.16. The maximum absolute atomic E-state index is 12.8. The quantitative estimate of drug-likeness (QED) is 0.776. The first kappa shape index (κ1) is 13.8. The zero-order valence-electron chi connectivity index (χ0n) is 10.5. The Kier molecular flexibility index (Phi) is 3.30. The molecular formula is C13H9ClFN3O2S. The van der Waals surface area contributed by atoms with Crippen LogP contribution in [0.4, 0.5) is 10.2 Å². The molecule has 0 saturated carbocycles. The summed E-state index contributed by atoms with van der Waals surface area (Å²) in [5.74, 6) is -0.501. The highest BCUT2D eigenvalue weighted by atomic mass is 35.5. The molecule has 2 heterocycles. The Balaban J connectivity index is 2.02. The van der Waals surface area contributed by atoms with Crippen molar-refractivity contribution in [2.45, 2.75) is 4.90 Å². The maximum Gasteiger partial charge on any atom is 0.265 e. The summed E-state index contributed by atoms with van der Waals surface area (Å²) in [6.07, 6.45) is 2.31. The topological polar surface area (TPSA) is 74.8 Å². The highest BCUT2D eigenvalue weighted by Gasteiger charge is 2.19. The van der Waals surface area contributed by atoms with Gasteiger partial charge in [-0.1, -0.05) is 11.6 Å². The maximum atomic E-state index is 12.8. The number of rotatable bonds is 3. The average molecular weight is 326 g/mol. The lowest BCUT2D eigenvalue weighted by Crippen LogP contribution is -2.13. The minimum absolute atomic E-state index is 0.0414. The van der Waals surface area contributed by atoms with Crippen LogP contribution < -0.4 is 4.72 Å². The Labute approximate surface area is 124 Å². The van der Waals surface area contributed by atoms with Crippen LogP contribution >= 0.6 is 11.6 Å². The van der Waals surface area contributed by atoms with Crippen LogP contribution in [0.25, 0.3) is 10.9 Å². The van der Waals surface area contributed by atoms with Gasteiger partial charge in [0.15, 0.2) is 0 Å². The first-order valence-electron chi connectivity index (χ1n) is 5.87. The van der Waals surface area contributed by atoms with Crippen LogP contribution in [0.3, 0.4) is 0 Å². The van der Waals surface area contributed by atoms with E-state index >= 15 is 0 Å². The van der Waals surface area contributed by atoms with Gasteiger partial charge in [0, 0.05) is 22.1 Å². The molecule has 1 aromatic carbocycles. The number of nitrogens with zero attached hydrogens (tertiary/aromatic N) is 1. The third kappa shape index (κ3) is 2.70. The van der Waals surface area contributed by atoms with Crippen molar-refractivity contribution in [3.63, 3.8) is 0 Å². The van der Waals surface area contributed by atoms with E-state index in [2.05, 4.69) is 14.7 Å². The molecule has 2 N–H and O–H groups in total. The fourth-order valence-electron chi connectivity index (χ4n) is 1.92. The molecule has 0 saturated heterocycles. The molecule has 0 spiro atoms. The van der Waals surface area contributed by atoms with Crippen LogP contribution in [0.1, 0.15) is 0 Å². The molecule has 0 fully saturated rings. The van der Waals surface area contributed by atoms with E-state index in [-0.39, 0.29) is 10.7 Å². The minimum Gasteiger partial charge on any atom is -0.360 e. The van der Waals surface area contributed by atoms with Crippen molar-refractivity contribution < 1.29 is 12.8 Å². The lowest BCUT2D eigenvalue weighted by atomic mass is 10.2. The minimum atomic E-state index is -3.83. The second kappa shape index (κ2) is 5.01. The van der Waals surface area contributed by atoms with Crippen molar-refractivity contribution in [3.05, 3.63) is 53.6 Å². The first-order valence-corrected chi connectivity index (χ1v) is 7.73. The third-order valence-electron chi connectivity index (χ3n) is 2.86. The molecule has 0 aliphatic heterocycles. The zero-order chi connectivity index (χ0) is 15.0. The number of hydrogen-bond acceptors (Lipinski definition) is 3. The summed E-state index contributed by atoms with van der Waals surface area (Å²) in [7, 11) is -3.83. The number of anilines is 1. The molecule has 0 unspecified atom stereocenters. The number of aromatic amines is 1. The molecule has 3 rings (SSSR count). The summed E-state index contributed by atoms with van der Waals surface area (Å²) in [5, 5.41) is 1.01. The molecule has 0 aliphatic carbocycles. The Hall–Kier alpha value is -2.12. The van der Waals surface area contributed by atoms with Gasteiger partial charge in [-0.3, -0.25) is 4.72 Å². The Morgan fingerprint density at radius 1 is 1.24 bits per heavy atom. The van der Waals surface area contributed by atoms with Crippen LogP contribution in [0.5, 0.6) is 0 Å². The molecule has 5 nitrogen and oxygen atoms in total. The van der Waals surface area contributed by atoms with E-state index in [4.69, 9.17) is 11.6 Å². The first-order chi connectivity index (χ1) is 9.95. The number of H-pyrrole nitrogens is 1. The van der Waals surface area contributed by atoms with Crippen LogP contribution in [-0.4, -0.2) is 18.4 Å². The molecule has 3 aromatic rings. The summed E-state index contributed by atoms with van der Waals surface area (Å²) in [4.78, 5) is 6.59. The summed E-state index contributed by atoms with van der Waals surface area (Å²) < 4.78 is 39.8. The van der Waals surface area contributed by atoms with Crippen molar-refractivity contribution in [1.29, 1.82) is 0 Å². The van der Waals surface area contributed by atoms with Crippen molar-refractivity contribution in [3.8, 4) is 0 Å². The Bertz CT molecular complexity index is 907. The molecular weight excluding hydrogens is 317 g/mol. The molecule has 0 bridgehead atoms. The second-order valence-corrected chi connectivity index (χ2v) is 6.40. The van der Waals surface area contributed by atoms with E-state index < -0.39 is 15.8 Å². The van der Waals surface area contributed by atoms with E-state index in [9.17, 15) is 12.8 Å². The van der Waals surface area contributed by atoms with Gasteiger partial charge >= 0.3 is 0 Å². The number of nitrogens with one attached hydrogen (secondary N) is 2. The van der Waals surface area contributed by atoms with Crippen LogP contribution in [0, 0.1) is 5.82 Å². The van der Waals surface area contributed by atoms with Crippen molar-refractivity contribution in [2.24, 2.45) is 0 Å². The van der Waals surface area contributed by atoms with Crippen molar-refractivity contribution >= 4 is 38.3 Å². The van der Waals surface area contributed by atoms with E-state index in [1.54, 1.807) is 18.2 Å². The van der Waals surface area contributed by atoms with E-state index in [0.29, 0.717) is 15.9 Å². The standard InChI is InChI=1S/C13H9ClFN3O2S/c14-8-1-3-10-11(5-8)16-7-12(10)21(19,20)18-13-4-2-9(15)6-17-13/h1-7,16H,(H,17,18). The molecule has 21 heavy (non-hydrogen) atoms. The molecule has 108 valence electrons. The summed E-state index contributed by atoms with van der Waals surface area (Å²) >= 11 is 5.86. The molecule has 0 amide bonds. The Morgan fingerprint density at radius 3 is 2.76 bits per heavy atom. The normalized spacial score (nSPS) is 11.7. The lowest BCUT2D eigenvalue weighted by molar-refractivity contribution is 0.601. The summed E-state index contributed by atoms with van der Waals surface area (Å²) in [5.41, 5.74) is 0.606. The number of halogens is 2. The molecule has 0 atom stereocenters. The van der Waals surface area contributed by atoms with Gasteiger partial charge in [0.1, 0.15) is 16.5 Å². The van der Waals surface area contributed by atoms with E-state index in [0.717, 1.165) is 12.3 Å². The van der Waals surface area contributed by atoms with Crippen LogP contribution in [-0.2, 0) is 10.0 Å². The van der Waals surface area contributed by atoms with Crippen LogP contribution in [0.2, 0.25) is 5.02 Å². The predicted molar refractivity (Wildman–Crippen MR) is 78.3 cm³/mol. The molecule has 2 aromatic heterocycles. The summed E-state index contributed by atoms with van der Waals surface area (Å²) in [6, 6.07) is 7.22. The van der Waals surface area contributed by atoms with Crippen molar-refractivity contribution in [1.82, 2.24) is 9.97 Å². The molecule has 0 aliphatic rings. The van der Waals surface area contributed by atoms with Gasteiger partial charge in [-0.25, -0.2) is 17.8 Å². The van der Waals surface area contributed by atoms with Gasteiger partial charge in [-0.05, 0) is 30.3 Å². The van der Waals surface area contributed by atoms with E-state index in [1.807, 2.05) is 0 Å². The molecule has 8 heteroatoms. The van der Waals surface area contributed by atoms with E-state index in [1.165, 1.54) is 12.3 Å². The lowest BCUT2D eigenvalue weighted by Gasteiger charge is -2.06. The fourth-order valence-corrected chi connectivity index (χ4v) is 3.28. The van der Waals surface area contributed by atoms with Crippen molar-refractivity contribution in [2.75, 3.05) is 4.72 Å². The smallest absolute Gasteiger partial charge is 0.265 e. The highest BCUT2D eigenvalue weighted by molar-refractivity contribution is 7.93. The average Bonchev–Trinajstić information content (AvgIpc) is 2.85. The monoisotopic (exact) mass is 325 g/mol. The number of benzene rings is 1. The second-order valence-electron chi connectivity index (χ2n) is 4.31. The highest BCUT2D eigenvalue weighted by Crippen LogP contribution is 2.26. The number of hydrogen-bond donors (Lipinski definition) is 2. The van der Waals surface area contributed by atoms with Gasteiger partial charge in [-0.15, -0.1) is 0 Å². The van der Waals surface area contributed by atoms with Gasteiger partial charge in [0.25, 0.3) is 10.0 Å². The SMILES string of the molecule is O=S(=O)(Nc1ccc(F)cn1)c1c[nH]c2cc(Cl)ccc12. The third-order valence-corrected chi connectivity index (χ3v) is 4.49. The number of aromatic nitrogens is 2. The van der Waals surface area contributed by atoms with Gasteiger partial charge < -0.3 is 4.98 Å². The Morgan fingerprint density at radius 2 is 2.05 bits per heavy atom. The largest absolute Gasteiger partial charge is 0.360 e. The zero-order valence-corrected chi connectivity index (χ0v) is 12.0. The van der Waals surface area contributed by atoms with Gasteiger partial charge in [0.2, 0.25) is 0 Å². The fraction of sp³-hybridized carbons (Fsp3) is 0. The molecule has 0 radical (unpaired) electrons. The number of fused-ring (bicyclic) bond motifs is 1. The van der Waals surface area contributed by atoms with Gasteiger partial charge in [-0.2, -0.15) is 0 Å². The van der Waals surface area contributed by atoms with Gasteiger partial charge in [0.05, 0.1) is 6.20 Å². The summed E-state index contributed by atoms with van der Waals surface area (Å²) in [6.45, 7) is 0.